The third-order valence-corrected chi connectivity index (χ3v) is 2.15. The molecule has 0 bridgehead atoms. The Morgan fingerprint density at radius 3 is 3.00 bits per heavy atom. The Morgan fingerprint density at radius 1 is 1.67 bits per heavy atom. The van der Waals surface area contributed by atoms with Crippen molar-refractivity contribution >= 4 is 5.91 Å². The van der Waals surface area contributed by atoms with Crippen molar-refractivity contribution in [1.29, 1.82) is 0 Å². The van der Waals surface area contributed by atoms with E-state index in [-0.39, 0.29) is 11.9 Å². The Bertz CT molecular complexity index is 316. The lowest BCUT2D eigenvalue weighted by atomic mass is 10.3. The monoisotopic (exact) mass is 165 g/mol. The van der Waals surface area contributed by atoms with Gasteiger partial charge in [0.25, 0.3) is 5.91 Å². The average Bonchev–Trinajstić information content (AvgIpc) is 2.53. The van der Waals surface area contributed by atoms with Crippen LogP contribution < -0.4 is 0 Å². The SMILES string of the molecule is CC(C)N1Cc2c[nH]nc2C1=O. The summed E-state index contributed by atoms with van der Waals surface area (Å²) in [6, 6.07) is 0.256. The quantitative estimate of drug-likeness (QED) is 0.668. The summed E-state index contributed by atoms with van der Waals surface area (Å²) >= 11 is 0. The Hall–Kier alpha value is -1.32. The summed E-state index contributed by atoms with van der Waals surface area (Å²) in [5.74, 6) is 0.0428. The molecule has 0 fully saturated rings. The first-order valence-electron chi connectivity index (χ1n) is 4.03. The summed E-state index contributed by atoms with van der Waals surface area (Å²) in [6.45, 7) is 4.71. The molecule has 1 aromatic heterocycles. The van der Waals surface area contributed by atoms with Crippen molar-refractivity contribution in [3.8, 4) is 0 Å². The van der Waals surface area contributed by atoms with Gasteiger partial charge < -0.3 is 4.90 Å². The van der Waals surface area contributed by atoms with Gasteiger partial charge >= 0.3 is 0 Å². The van der Waals surface area contributed by atoms with Crippen LogP contribution in [0.15, 0.2) is 6.20 Å². The van der Waals surface area contributed by atoms with Crippen molar-refractivity contribution in [3.63, 3.8) is 0 Å². The van der Waals surface area contributed by atoms with Gasteiger partial charge in [0.1, 0.15) is 0 Å². The first kappa shape index (κ1) is 7.34. The lowest BCUT2D eigenvalue weighted by Gasteiger charge is -2.19. The molecule has 12 heavy (non-hydrogen) atoms. The van der Waals surface area contributed by atoms with Crippen molar-refractivity contribution < 1.29 is 4.79 Å². The number of nitrogens with one attached hydrogen (secondary N) is 1. The summed E-state index contributed by atoms with van der Waals surface area (Å²) in [7, 11) is 0. The summed E-state index contributed by atoms with van der Waals surface area (Å²) in [6.07, 6.45) is 1.79. The van der Waals surface area contributed by atoms with Gasteiger partial charge in [-0.05, 0) is 13.8 Å². The van der Waals surface area contributed by atoms with Crippen molar-refractivity contribution in [1.82, 2.24) is 15.1 Å². The van der Waals surface area contributed by atoms with Crippen LogP contribution in [-0.4, -0.2) is 27.0 Å². The molecule has 4 nitrogen and oxygen atoms in total. The molecule has 0 aromatic carbocycles. The zero-order valence-electron chi connectivity index (χ0n) is 7.16. The van der Waals surface area contributed by atoms with Crippen molar-refractivity contribution in [2.45, 2.75) is 26.4 Å². The van der Waals surface area contributed by atoms with Crippen LogP contribution in [0.3, 0.4) is 0 Å². The fourth-order valence-corrected chi connectivity index (χ4v) is 1.43. The second kappa shape index (κ2) is 2.33. The molecule has 1 aliphatic rings. The Balaban J connectivity index is 2.33. The van der Waals surface area contributed by atoms with Gasteiger partial charge in [0, 0.05) is 17.8 Å². The van der Waals surface area contributed by atoms with E-state index in [1.807, 2.05) is 18.7 Å². The highest BCUT2D eigenvalue weighted by Crippen LogP contribution is 2.21. The average molecular weight is 165 g/mol. The minimum Gasteiger partial charge on any atom is -0.330 e. The number of nitrogens with zero attached hydrogens (tertiary/aromatic N) is 2. The topological polar surface area (TPSA) is 49.0 Å². The van der Waals surface area contributed by atoms with Crippen LogP contribution in [0, 0.1) is 0 Å². The van der Waals surface area contributed by atoms with Gasteiger partial charge in [-0.3, -0.25) is 9.89 Å². The molecule has 1 amide bonds. The molecule has 0 atom stereocenters. The second-order valence-corrected chi connectivity index (χ2v) is 3.29. The minimum atomic E-state index is 0.0428. The number of amides is 1. The first-order valence-corrected chi connectivity index (χ1v) is 4.03. The van der Waals surface area contributed by atoms with Crippen LogP contribution in [0.1, 0.15) is 29.9 Å². The molecule has 1 aromatic rings. The van der Waals surface area contributed by atoms with E-state index in [1.165, 1.54) is 0 Å². The van der Waals surface area contributed by atoms with Crippen molar-refractivity contribution in [2.75, 3.05) is 0 Å². The molecule has 1 aliphatic heterocycles. The molecule has 1 N–H and O–H groups in total. The molecule has 2 heterocycles. The largest absolute Gasteiger partial charge is 0.330 e. The first-order chi connectivity index (χ1) is 5.70. The van der Waals surface area contributed by atoms with Crippen LogP contribution >= 0.6 is 0 Å². The molecule has 0 spiro atoms. The van der Waals surface area contributed by atoms with Crippen LogP contribution in [0.5, 0.6) is 0 Å². The van der Waals surface area contributed by atoms with Gasteiger partial charge in [0.05, 0.1) is 6.54 Å². The van der Waals surface area contributed by atoms with E-state index >= 15 is 0 Å². The summed E-state index contributed by atoms with van der Waals surface area (Å²) in [5.41, 5.74) is 1.59. The molecule has 64 valence electrons. The van der Waals surface area contributed by atoms with E-state index in [1.54, 1.807) is 6.20 Å². The third kappa shape index (κ3) is 0.841. The van der Waals surface area contributed by atoms with E-state index in [4.69, 9.17) is 0 Å². The highest BCUT2D eigenvalue weighted by molar-refractivity contribution is 5.96. The lowest BCUT2D eigenvalue weighted by Crippen LogP contribution is -2.31. The molecule has 4 heteroatoms. The van der Waals surface area contributed by atoms with Gasteiger partial charge in [-0.25, -0.2) is 0 Å². The van der Waals surface area contributed by atoms with Crippen LogP contribution in [0.4, 0.5) is 0 Å². The highest BCUT2D eigenvalue weighted by atomic mass is 16.2. The predicted octanol–water partition coefficient (Wildman–Crippen LogP) is 0.774. The minimum absolute atomic E-state index is 0.0428. The van der Waals surface area contributed by atoms with Gasteiger partial charge in [-0.1, -0.05) is 0 Å². The number of fused-ring (bicyclic) bond motifs is 1. The standard InChI is InChI=1S/C8H11N3O/c1-5(2)11-4-6-3-9-10-7(6)8(11)12/h3,5H,4H2,1-2H3,(H,9,10). The Morgan fingerprint density at radius 2 is 2.42 bits per heavy atom. The zero-order valence-corrected chi connectivity index (χ0v) is 7.16. The molecular formula is C8H11N3O. The highest BCUT2D eigenvalue weighted by Gasteiger charge is 2.31. The molecule has 0 unspecified atom stereocenters. The fourth-order valence-electron chi connectivity index (χ4n) is 1.43. The third-order valence-electron chi connectivity index (χ3n) is 2.15. The number of hydrogen-bond donors (Lipinski definition) is 1. The van der Waals surface area contributed by atoms with Crippen LogP contribution in [-0.2, 0) is 6.54 Å². The van der Waals surface area contributed by atoms with Gasteiger partial charge in [0.15, 0.2) is 5.69 Å². The molecule has 0 aliphatic carbocycles. The molecule has 0 saturated carbocycles. The number of rotatable bonds is 1. The smallest absolute Gasteiger partial charge is 0.275 e. The number of aromatic nitrogens is 2. The second-order valence-electron chi connectivity index (χ2n) is 3.29. The number of carbonyl (C=O) groups excluding carboxylic acids is 1. The van der Waals surface area contributed by atoms with Crippen LogP contribution in [0.2, 0.25) is 0 Å². The van der Waals surface area contributed by atoms with Gasteiger partial charge in [-0.2, -0.15) is 5.10 Å². The van der Waals surface area contributed by atoms with E-state index in [9.17, 15) is 4.79 Å². The summed E-state index contributed by atoms with van der Waals surface area (Å²) in [4.78, 5) is 13.4. The summed E-state index contributed by atoms with van der Waals surface area (Å²) < 4.78 is 0. The Kier molecular flexibility index (Phi) is 1.43. The van der Waals surface area contributed by atoms with Gasteiger partial charge in [0.2, 0.25) is 0 Å². The summed E-state index contributed by atoms with van der Waals surface area (Å²) in [5, 5.41) is 6.59. The number of hydrogen-bond acceptors (Lipinski definition) is 2. The van der Waals surface area contributed by atoms with E-state index < -0.39 is 0 Å². The van der Waals surface area contributed by atoms with Gasteiger partial charge in [-0.15, -0.1) is 0 Å². The van der Waals surface area contributed by atoms with Crippen molar-refractivity contribution in [2.24, 2.45) is 0 Å². The molecule has 0 radical (unpaired) electrons. The number of carbonyl (C=O) groups is 1. The fraction of sp³-hybridized carbons (Fsp3) is 0.500. The lowest BCUT2D eigenvalue weighted by molar-refractivity contribution is 0.0724. The normalized spacial score (nSPS) is 15.9. The molecule has 2 rings (SSSR count). The van der Waals surface area contributed by atoms with E-state index in [2.05, 4.69) is 10.2 Å². The molecule has 0 saturated heterocycles. The number of H-pyrrole nitrogens is 1. The zero-order chi connectivity index (χ0) is 8.72. The van der Waals surface area contributed by atoms with E-state index in [0.717, 1.165) is 5.56 Å². The maximum absolute atomic E-state index is 11.5. The number of aromatic amines is 1. The van der Waals surface area contributed by atoms with Crippen molar-refractivity contribution in [3.05, 3.63) is 17.5 Å². The van der Waals surface area contributed by atoms with Crippen LogP contribution in [0.25, 0.3) is 0 Å². The predicted molar refractivity (Wildman–Crippen MR) is 43.6 cm³/mol. The maximum Gasteiger partial charge on any atom is 0.275 e. The Labute approximate surface area is 70.6 Å². The maximum atomic E-state index is 11.5. The molecular weight excluding hydrogens is 154 g/mol. The van der Waals surface area contributed by atoms with E-state index in [0.29, 0.717) is 12.2 Å².